The Morgan fingerprint density at radius 3 is 2.72 bits per heavy atom. The molecular formula is C14H27NO3. The van der Waals surface area contributed by atoms with Crippen LogP contribution in [-0.2, 0) is 9.47 Å². The molecule has 0 radical (unpaired) electrons. The van der Waals surface area contributed by atoms with E-state index in [1.807, 2.05) is 0 Å². The molecule has 1 saturated carbocycles. The van der Waals surface area contributed by atoms with Crippen LogP contribution in [0.25, 0.3) is 0 Å². The van der Waals surface area contributed by atoms with Crippen molar-refractivity contribution in [2.75, 3.05) is 40.0 Å². The van der Waals surface area contributed by atoms with Gasteiger partial charge in [-0.2, -0.15) is 0 Å². The highest BCUT2D eigenvalue weighted by atomic mass is 16.5. The molecule has 1 spiro atoms. The summed E-state index contributed by atoms with van der Waals surface area (Å²) in [6.07, 6.45) is 7.92. The molecule has 0 aromatic heterocycles. The van der Waals surface area contributed by atoms with Gasteiger partial charge in [0, 0.05) is 26.7 Å². The highest BCUT2D eigenvalue weighted by molar-refractivity contribution is 4.93. The minimum absolute atomic E-state index is 0.210. The van der Waals surface area contributed by atoms with Gasteiger partial charge in [0.15, 0.2) is 0 Å². The van der Waals surface area contributed by atoms with Gasteiger partial charge < -0.3 is 14.6 Å². The van der Waals surface area contributed by atoms with Gasteiger partial charge >= 0.3 is 0 Å². The molecule has 0 bridgehead atoms. The fraction of sp³-hybridized carbons (Fsp3) is 1.00. The lowest BCUT2D eigenvalue weighted by Crippen LogP contribution is -2.38. The van der Waals surface area contributed by atoms with Crippen molar-refractivity contribution in [2.45, 2.75) is 50.2 Å². The van der Waals surface area contributed by atoms with E-state index in [4.69, 9.17) is 14.6 Å². The van der Waals surface area contributed by atoms with Crippen molar-refractivity contribution in [3.8, 4) is 0 Å². The zero-order valence-electron chi connectivity index (χ0n) is 11.6. The highest BCUT2D eigenvalue weighted by Gasteiger charge is 2.42. The molecule has 1 aliphatic carbocycles. The van der Waals surface area contributed by atoms with E-state index >= 15 is 0 Å². The SMILES string of the molecule is COCCN(CCO)CC1CCC2(CCCC2)O1. The average molecular weight is 257 g/mol. The molecule has 4 nitrogen and oxygen atoms in total. The third-order valence-electron chi connectivity index (χ3n) is 4.34. The Bertz CT molecular complexity index is 241. The normalized spacial score (nSPS) is 26.5. The number of aliphatic hydroxyl groups excluding tert-OH is 1. The van der Waals surface area contributed by atoms with E-state index in [9.17, 15) is 0 Å². The van der Waals surface area contributed by atoms with Gasteiger partial charge in [0.25, 0.3) is 0 Å². The van der Waals surface area contributed by atoms with Gasteiger partial charge in [-0.1, -0.05) is 12.8 Å². The van der Waals surface area contributed by atoms with Gasteiger partial charge in [0.2, 0.25) is 0 Å². The molecule has 1 N–H and O–H groups in total. The van der Waals surface area contributed by atoms with E-state index in [0.717, 1.165) is 26.2 Å². The third kappa shape index (κ3) is 3.67. The molecule has 2 rings (SSSR count). The van der Waals surface area contributed by atoms with Crippen molar-refractivity contribution in [1.82, 2.24) is 4.90 Å². The Morgan fingerprint density at radius 1 is 1.28 bits per heavy atom. The second-order valence-electron chi connectivity index (χ2n) is 5.69. The molecule has 2 aliphatic rings. The van der Waals surface area contributed by atoms with E-state index in [0.29, 0.717) is 6.10 Å². The van der Waals surface area contributed by atoms with Gasteiger partial charge in [-0.05, 0) is 25.7 Å². The van der Waals surface area contributed by atoms with E-state index in [2.05, 4.69) is 4.90 Å². The maximum Gasteiger partial charge on any atom is 0.0710 e. The molecule has 1 atom stereocenters. The number of aliphatic hydroxyl groups is 1. The molecule has 1 aliphatic heterocycles. The van der Waals surface area contributed by atoms with Crippen LogP contribution in [0, 0.1) is 0 Å². The quantitative estimate of drug-likeness (QED) is 0.749. The highest BCUT2D eigenvalue weighted by Crippen LogP contribution is 2.43. The van der Waals surface area contributed by atoms with Crippen molar-refractivity contribution < 1.29 is 14.6 Å². The lowest BCUT2D eigenvalue weighted by molar-refractivity contribution is -0.0496. The van der Waals surface area contributed by atoms with Gasteiger partial charge in [0.05, 0.1) is 24.9 Å². The standard InChI is InChI=1S/C14H27NO3/c1-17-11-9-15(8-10-16)12-13-4-7-14(18-13)5-2-3-6-14/h13,16H,2-12H2,1H3. The van der Waals surface area contributed by atoms with Crippen molar-refractivity contribution in [1.29, 1.82) is 0 Å². The third-order valence-corrected chi connectivity index (χ3v) is 4.34. The first-order valence-corrected chi connectivity index (χ1v) is 7.28. The fourth-order valence-corrected chi connectivity index (χ4v) is 3.36. The van der Waals surface area contributed by atoms with Crippen molar-refractivity contribution in [2.24, 2.45) is 0 Å². The van der Waals surface area contributed by atoms with Crippen molar-refractivity contribution in [3.05, 3.63) is 0 Å². The number of hydrogen-bond donors (Lipinski definition) is 1. The van der Waals surface area contributed by atoms with Gasteiger partial charge in [0.1, 0.15) is 0 Å². The van der Waals surface area contributed by atoms with E-state index < -0.39 is 0 Å². The van der Waals surface area contributed by atoms with Gasteiger partial charge in [-0.15, -0.1) is 0 Å². The maximum atomic E-state index is 9.09. The van der Waals surface area contributed by atoms with Crippen molar-refractivity contribution in [3.63, 3.8) is 0 Å². The summed E-state index contributed by atoms with van der Waals surface area (Å²) in [5, 5.41) is 9.09. The summed E-state index contributed by atoms with van der Waals surface area (Å²) < 4.78 is 11.4. The summed E-state index contributed by atoms with van der Waals surface area (Å²) in [5.74, 6) is 0. The summed E-state index contributed by atoms with van der Waals surface area (Å²) in [4.78, 5) is 2.25. The number of hydrogen-bond acceptors (Lipinski definition) is 4. The van der Waals surface area contributed by atoms with Gasteiger partial charge in [-0.3, -0.25) is 4.90 Å². The Labute approximate surface area is 110 Å². The monoisotopic (exact) mass is 257 g/mol. The van der Waals surface area contributed by atoms with Crippen LogP contribution in [0.4, 0.5) is 0 Å². The number of methoxy groups -OCH3 is 1. The zero-order chi connectivity index (χ0) is 12.8. The molecule has 1 heterocycles. The summed E-state index contributed by atoms with van der Waals surface area (Å²) in [5.41, 5.74) is 0.219. The summed E-state index contributed by atoms with van der Waals surface area (Å²) >= 11 is 0. The maximum absolute atomic E-state index is 9.09. The van der Waals surface area contributed by atoms with Crippen LogP contribution in [-0.4, -0.2) is 61.7 Å². The van der Waals surface area contributed by atoms with Crippen LogP contribution < -0.4 is 0 Å². The number of rotatable bonds is 7. The lowest BCUT2D eigenvalue weighted by atomic mass is 9.98. The summed E-state index contributed by atoms with van der Waals surface area (Å²) in [6, 6.07) is 0. The molecule has 1 unspecified atom stereocenters. The predicted molar refractivity (Wildman–Crippen MR) is 70.7 cm³/mol. The summed E-state index contributed by atoms with van der Waals surface area (Å²) in [6.45, 7) is 3.46. The second kappa shape index (κ2) is 6.85. The number of ether oxygens (including phenoxy) is 2. The average Bonchev–Trinajstić information content (AvgIpc) is 2.98. The Balaban J connectivity index is 1.77. The van der Waals surface area contributed by atoms with Crippen LogP contribution in [0.3, 0.4) is 0 Å². The minimum Gasteiger partial charge on any atom is -0.395 e. The largest absolute Gasteiger partial charge is 0.395 e. The topological polar surface area (TPSA) is 41.9 Å². The fourth-order valence-electron chi connectivity index (χ4n) is 3.36. The predicted octanol–water partition coefficient (Wildman–Crippen LogP) is 1.42. The molecule has 2 fully saturated rings. The Hall–Kier alpha value is -0.160. The lowest BCUT2D eigenvalue weighted by Gasteiger charge is -2.27. The van der Waals surface area contributed by atoms with E-state index in [-0.39, 0.29) is 12.2 Å². The van der Waals surface area contributed by atoms with Crippen LogP contribution in [0.2, 0.25) is 0 Å². The zero-order valence-corrected chi connectivity index (χ0v) is 11.6. The smallest absolute Gasteiger partial charge is 0.0710 e. The molecular weight excluding hydrogens is 230 g/mol. The first-order valence-electron chi connectivity index (χ1n) is 7.28. The van der Waals surface area contributed by atoms with Gasteiger partial charge in [-0.25, -0.2) is 0 Å². The van der Waals surface area contributed by atoms with E-state index in [1.165, 1.54) is 38.5 Å². The van der Waals surface area contributed by atoms with Crippen LogP contribution in [0.5, 0.6) is 0 Å². The Morgan fingerprint density at radius 2 is 2.06 bits per heavy atom. The summed E-state index contributed by atoms with van der Waals surface area (Å²) in [7, 11) is 1.72. The molecule has 4 heteroatoms. The molecule has 18 heavy (non-hydrogen) atoms. The first kappa shape index (κ1) is 14.3. The molecule has 0 amide bonds. The van der Waals surface area contributed by atoms with Crippen LogP contribution in [0.15, 0.2) is 0 Å². The molecule has 1 saturated heterocycles. The first-order chi connectivity index (χ1) is 8.78. The molecule has 106 valence electrons. The van der Waals surface area contributed by atoms with Crippen LogP contribution >= 0.6 is 0 Å². The number of nitrogens with zero attached hydrogens (tertiary/aromatic N) is 1. The van der Waals surface area contributed by atoms with E-state index in [1.54, 1.807) is 7.11 Å². The van der Waals surface area contributed by atoms with Crippen molar-refractivity contribution >= 4 is 0 Å². The molecule has 0 aromatic rings. The minimum atomic E-state index is 0.210. The second-order valence-corrected chi connectivity index (χ2v) is 5.69. The Kier molecular flexibility index (Phi) is 5.42. The molecule has 0 aromatic carbocycles. The van der Waals surface area contributed by atoms with Crippen LogP contribution in [0.1, 0.15) is 38.5 Å².